The Bertz CT molecular complexity index is 581. The van der Waals surface area contributed by atoms with Gasteiger partial charge in [0.15, 0.2) is 0 Å². The molecule has 0 aliphatic rings. The van der Waals surface area contributed by atoms with Crippen LogP contribution in [0, 0.1) is 10.1 Å². The number of amides is 1. The van der Waals surface area contributed by atoms with Gasteiger partial charge in [-0.05, 0) is 22.4 Å². The molecule has 1 amide bonds. The lowest BCUT2D eigenvalue weighted by Crippen LogP contribution is -2.29. The highest BCUT2D eigenvalue weighted by Gasteiger charge is 2.05. The molecule has 9 nitrogen and oxygen atoms in total. The summed E-state index contributed by atoms with van der Waals surface area (Å²) in [6.45, 7) is 0.506. The van der Waals surface area contributed by atoms with Crippen LogP contribution in [0.2, 0.25) is 0 Å². The summed E-state index contributed by atoms with van der Waals surface area (Å²) in [5, 5.41) is 23.6. The van der Waals surface area contributed by atoms with Crippen LogP contribution >= 0.6 is 0 Å². The largest absolute Gasteiger partial charge is 0.354 e. The number of benzene rings is 1. The molecule has 1 aromatic carbocycles. The second-order valence-corrected chi connectivity index (χ2v) is 4.03. The number of nitrogens with zero attached hydrogens (tertiary/aromatic N) is 5. The molecule has 0 aliphatic carbocycles. The number of nitro groups is 1. The molecule has 0 atom stereocenters. The van der Waals surface area contributed by atoms with Crippen LogP contribution in [0.4, 0.5) is 5.69 Å². The van der Waals surface area contributed by atoms with Crippen molar-refractivity contribution in [2.75, 3.05) is 6.54 Å². The number of nitro benzene ring substituents is 1. The molecule has 1 aromatic heterocycles. The number of hydrogen-bond donors (Lipinski definition) is 1. The minimum absolute atomic E-state index is 0.0523. The maximum absolute atomic E-state index is 11.5. The van der Waals surface area contributed by atoms with Crippen LogP contribution in [0.3, 0.4) is 0 Å². The SMILES string of the molecule is O=C(Cn1cnnn1)NCCc1ccc([N+](=O)[O-])cc1. The second-order valence-electron chi connectivity index (χ2n) is 4.03. The summed E-state index contributed by atoms with van der Waals surface area (Å²) >= 11 is 0. The van der Waals surface area contributed by atoms with Crippen molar-refractivity contribution >= 4 is 11.6 Å². The predicted molar refractivity (Wildman–Crippen MR) is 67.6 cm³/mol. The first-order valence-corrected chi connectivity index (χ1v) is 5.86. The first-order chi connectivity index (χ1) is 9.65. The Kier molecular flexibility index (Phi) is 4.32. The molecule has 2 aromatic rings. The highest BCUT2D eigenvalue weighted by atomic mass is 16.6. The maximum Gasteiger partial charge on any atom is 0.269 e. The Morgan fingerprint density at radius 1 is 1.35 bits per heavy atom. The van der Waals surface area contributed by atoms with Crippen molar-refractivity contribution < 1.29 is 9.72 Å². The molecule has 0 unspecified atom stereocenters. The van der Waals surface area contributed by atoms with Gasteiger partial charge in [-0.2, -0.15) is 0 Å². The normalized spacial score (nSPS) is 10.2. The van der Waals surface area contributed by atoms with Crippen molar-refractivity contribution in [1.82, 2.24) is 25.5 Å². The van der Waals surface area contributed by atoms with E-state index in [1.807, 2.05) is 0 Å². The van der Waals surface area contributed by atoms with Crippen LogP contribution in [-0.2, 0) is 17.8 Å². The summed E-state index contributed by atoms with van der Waals surface area (Å²) in [6.07, 6.45) is 1.95. The summed E-state index contributed by atoms with van der Waals surface area (Å²) in [5.74, 6) is -0.195. The van der Waals surface area contributed by atoms with Gasteiger partial charge in [-0.1, -0.05) is 12.1 Å². The van der Waals surface area contributed by atoms with E-state index in [1.165, 1.54) is 23.1 Å². The molecule has 0 aliphatic heterocycles. The van der Waals surface area contributed by atoms with Crippen molar-refractivity contribution in [3.05, 3.63) is 46.3 Å². The molecule has 0 spiro atoms. The van der Waals surface area contributed by atoms with Gasteiger partial charge in [0, 0.05) is 18.7 Å². The van der Waals surface area contributed by atoms with E-state index in [-0.39, 0.29) is 18.1 Å². The molecule has 104 valence electrons. The number of non-ortho nitro benzene ring substituents is 1. The lowest BCUT2D eigenvalue weighted by molar-refractivity contribution is -0.384. The van der Waals surface area contributed by atoms with Crippen molar-refractivity contribution in [3.8, 4) is 0 Å². The van der Waals surface area contributed by atoms with E-state index < -0.39 is 4.92 Å². The Morgan fingerprint density at radius 3 is 2.70 bits per heavy atom. The quantitative estimate of drug-likeness (QED) is 0.583. The van der Waals surface area contributed by atoms with Crippen LogP contribution in [0.25, 0.3) is 0 Å². The molecule has 0 saturated carbocycles. The topological polar surface area (TPSA) is 116 Å². The highest BCUT2D eigenvalue weighted by molar-refractivity contribution is 5.75. The minimum atomic E-state index is -0.447. The summed E-state index contributed by atoms with van der Waals surface area (Å²) in [6, 6.07) is 6.23. The van der Waals surface area contributed by atoms with Crippen LogP contribution in [0.5, 0.6) is 0 Å². The fourth-order valence-electron chi connectivity index (χ4n) is 1.59. The van der Waals surface area contributed by atoms with Gasteiger partial charge >= 0.3 is 0 Å². The molecule has 0 radical (unpaired) electrons. The van der Waals surface area contributed by atoms with E-state index in [0.717, 1.165) is 5.56 Å². The van der Waals surface area contributed by atoms with Crippen molar-refractivity contribution in [1.29, 1.82) is 0 Å². The monoisotopic (exact) mass is 276 g/mol. The van der Waals surface area contributed by atoms with E-state index in [2.05, 4.69) is 20.8 Å². The number of rotatable bonds is 6. The molecular formula is C11H12N6O3. The zero-order valence-corrected chi connectivity index (χ0v) is 10.5. The third kappa shape index (κ3) is 3.83. The van der Waals surface area contributed by atoms with Gasteiger partial charge in [0.05, 0.1) is 4.92 Å². The molecule has 0 bridgehead atoms. The Labute approximate surface area is 113 Å². The van der Waals surface area contributed by atoms with Gasteiger partial charge in [-0.3, -0.25) is 14.9 Å². The highest BCUT2D eigenvalue weighted by Crippen LogP contribution is 2.11. The van der Waals surface area contributed by atoms with E-state index in [9.17, 15) is 14.9 Å². The lowest BCUT2D eigenvalue weighted by Gasteiger charge is -2.04. The number of carbonyl (C=O) groups excluding carboxylic acids is 1. The standard InChI is InChI=1S/C11H12N6O3/c18-11(7-16-8-13-14-15-16)12-6-5-9-1-3-10(4-2-9)17(19)20/h1-4,8H,5-7H2,(H,12,18). The number of tetrazole rings is 1. The van der Waals surface area contributed by atoms with E-state index >= 15 is 0 Å². The average molecular weight is 276 g/mol. The predicted octanol–water partition coefficient (Wildman–Crippen LogP) is -0.0598. The van der Waals surface area contributed by atoms with E-state index in [1.54, 1.807) is 12.1 Å². The molecule has 1 heterocycles. The summed E-state index contributed by atoms with van der Waals surface area (Å²) < 4.78 is 1.32. The summed E-state index contributed by atoms with van der Waals surface area (Å²) in [7, 11) is 0. The molecular weight excluding hydrogens is 264 g/mol. The average Bonchev–Trinajstić information content (AvgIpc) is 2.92. The van der Waals surface area contributed by atoms with Crippen molar-refractivity contribution in [2.24, 2.45) is 0 Å². The van der Waals surface area contributed by atoms with Crippen molar-refractivity contribution in [3.63, 3.8) is 0 Å². The number of nitrogens with one attached hydrogen (secondary N) is 1. The van der Waals surface area contributed by atoms with Crippen molar-refractivity contribution in [2.45, 2.75) is 13.0 Å². The fraction of sp³-hybridized carbons (Fsp3) is 0.273. The van der Waals surface area contributed by atoms with Crippen LogP contribution < -0.4 is 5.32 Å². The second kappa shape index (κ2) is 6.36. The molecule has 1 N–H and O–H groups in total. The minimum Gasteiger partial charge on any atom is -0.354 e. The molecule has 0 saturated heterocycles. The van der Waals surface area contributed by atoms with E-state index in [4.69, 9.17) is 0 Å². The fourth-order valence-corrected chi connectivity index (χ4v) is 1.59. The van der Waals surface area contributed by atoms with Gasteiger partial charge in [0.25, 0.3) is 5.69 Å². The molecule has 20 heavy (non-hydrogen) atoms. The number of aromatic nitrogens is 4. The third-order valence-electron chi connectivity index (χ3n) is 2.58. The van der Waals surface area contributed by atoms with Crippen LogP contribution in [-0.4, -0.2) is 37.6 Å². The van der Waals surface area contributed by atoms with Gasteiger partial charge in [0.2, 0.25) is 5.91 Å². The maximum atomic E-state index is 11.5. The van der Waals surface area contributed by atoms with Crippen LogP contribution in [0.15, 0.2) is 30.6 Å². The Hall–Kier alpha value is -2.84. The first-order valence-electron chi connectivity index (χ1n) is 5.86. The molecule has 9 heteroatoms. The lowest BCUT2D eigenvalue weighted by atomic mass is 10.1. The number of hydrogen-bond acceptors (Lipinski definition) is 6. The first kappa shape index (κ1) is 13.6. The van der Waals surface area contributed by atoms with Gasteiger partial charge in [-0.15, -0.1) is 5.10 Å². The summed E-state index contributed by atoms with van der Waals surface area (Å²) in [4.78, 5) is 21.6. The Balaban J connectivity index is 1.75. The molecule has 0 fully saturated rings. The zero-order chi connectivity index (χ0) is 14.4. The third-order valence-corrected chi connectivity index (χ3v) is 2.58. The number of carbonyl (C=O) groups is 1. The van der Waals surface area contributed by atoms with E-state index in [0.29, 0.717) is 13.0 Å². The Morgan fingerprint density at radius 2 is 2.10 bits per heavy atom. The zero-order valence-electron chi connectivity index (χ0n) is 10.5. The van der Waals surface area contributed by atoms with Gasteiger partial charge in [0.1, 0.15) is 12.9 Å². The summed E-state index contributed by atoms with van der Waals surface area (Å²) in [5.41, 5.74) is 0.967. The molecule has 2 rings (SSSR count). The smallest absolute Gasteiger partial charge is 0.269 e. The van der Waals surface area contributed by atoms with Crippen LogP contribution in [0.1, 0.15) is 5.56 Å². The van der Waals surface area contributed by atoms with Gasteiger partial charge < -0.3 is 5.32 Å². The van der Waals surface area contributed by atoms with Gasteiger partial charge in [-0.25, -0.2) is 4.68 Å².